The number of piperidine rings is 1. The highest BCUT2D eigenvalue weighted by Gasteiger charge is 2.35. The molecule has 1 aromatic heterocycles. The first-order chi connectivity index (χ1) is 15.1. The Hall–Kier alpha value is -2.63. The number of nitrogens with one attached hydrogen (secondary N) is 1. The van der Waals surface area contributed by atoms with Crippen molar-refractivity contribution in [3.8, 4) is 17.0 Å². The van der Waals surface area contributed by atoms with Crippen molar-refractivity contribution in [2.24, 2.45) is 5.41 Å². The molecule has 1 fully saturated rings. The quantitative estimate of drug-likeness (QED) is 0.554. The molecule has 1 saturated heterocycles. The van der Waals surface area contributed by atoms with Gasteiger partial charge in [-0.3, -0.25) is 10.00 Å². The molecule has 1 atom stereocenters. The molecule has 2 N–H and O–H groups in total. The second-order valence-corrected chi connectivity index (χ2v) is 8.97. The van der Waals surface area contributed by atoms with E-state index in [0.29, 0.717) is 6.61 Å². The molecular weight excluding hydrogens is 386 g/mol. The first-order valence-electron chi connectivity index (χ1n) is 11.2. The van der Waals surface area contributed by atoms with Crippen molar-refractivity contribution in [2.45, 2.75) is 39.7 Å². The van der Waals surface area contributed by atoms with Gasteiger partial charge in [-0.15, -0.1) is 0 Å². The Labute approximate surface area is 185 Å². The summed E-state index contributed by atoms with van der Waals surface area (Å²) in [5.41, 5.74) is 5.91. The van der Waals surface area contributed by atoms with Crippen molar-refractivity contribution in [1.29, 1.82) is 0 Å². The Bertz CT molecular complexity index is 985. The van der Waals surface area contributed by atoms with E-state index in [1.807, 2.05) is 36.5 Å². The minimum atomic E-state index is -0.115. The van der Waals surface area contributed by atoms with Crippen molar-refractivity contribution in [3.63, 3.8) is 0 Å². The third kappa shape index (κ3) is 5.17. The number of H-pyrrole nitrogens is 1. The van der Waals surface area contributed by atoms with Crippen molar-refractivity contribution in [2.75, 3.05) is 26.3 Å². The molecule has 0 radical (unpaired) electrons. The Kier molecular flexibility index (Phi) is 6.73. The molecule has 0 saturated carbocycles. The summed E-state index contributed by atoms with van der Waals surface area (Å²) >= 11 is 0. The van der Waals surface area contributed by atoms with Crippen LogP contribution in [0.25, 0.3) is 11.3 Å². The van der Waals surface area contributed by atoms with E-state index in [1.54, 1.807) is 0 Å². The van der Waals surface area contributed by atoms with E-state index in [2.05, 4.69) is 47.1 Å². The van der Waals surface area contributed by atoms with Gasteiger partial charge in [0.1, 0.15) is 5.75 Å². The highest BCUT2D eigenvalue weighted by molar-refractivity contribution is 5.67. The van der Waals surface area contributed by atoms with Crippen LogP contribution in [0.2, 0.25) is 0 Å². The number of aliphatic hydroxyl groups is 1. The van der Waals surface area contributed by atoms with Crippen LogP contribution in [0.1, 0.15) is 36.0 Å². The summed E-state index contributed by atoms with van der Waals surface area (Å²) in [5.74, 6) is 0.889. The van der Waals surface area contributed by atoms with E-state index in [4.69, 9.17) is 4.74 Å². The van der Waals surface area contributed by atoms with Gasteiger partial charge in [-0.05, 0) is 63.4 Å². The highest BCUT2D eigenvalue weighted by atomic mass is 16.5. The first kappa shape index (κ1) is 21.6. The summed E-state index contributed by atoms with van der Waals surface area (Å²) in [6.45, 7) is 7.83. The molecule has 0 amide bonds. The van der Waals surface area contributed by atoms with Crippen molar-refractivity contribution >= 4 is 0 Å². The fraction of sp³-hybridized carbons (Fsp3) is 0.423. The van der Waals surface area contributed by atoms with Crippen molar-refractivity contribution in [3.05, 3.63) is 71.4 Å². The lowest BCUT2D eigenvalue weighted by molar-refractivity contribution is 0.0129. The zero-order chi connectivity index (χ0) is 21.7. The second kappa shape index (κ2) is 9.67. The molecule has 5 heteroatoms. The van der Waals surface area contributed by atoms with Gasteiger partial charge in [0.15, 0.2) is 0 Å². The van der Waals surface area contributed by atoms with E-state index in [9.17, 15) is 5.11 Å². The van der Waals surface area contributed by atoms with Gasteiger partial charge in [0.2, 0.25) is 0 Å². The van der Waals surface area contributed by atoms with Gasteiger partial charge in [-0.2, -0.15) is 5.10 Å². The molecule has 3 aromatic rings. The van der Waals surface area contributed by atoms with Gasteiger partial charge in [-0.1, -0.05) is 35.9 Å². The zero-order valence-electron chi connectivity index (χ0n) is 18.6. The number of hydrogen-bond donors (Lipinski definition) is 2. The van der Waals surface area contributed by atoms with Gasteiger partial charge < -0.3 is 9.84 Å². The van der Waals surface area contributed by atoms with Crippen molar-refractivity contribution in [1.82, 2.24) is 15.1 Å². The Morgan fingerprint density at radius 3 is 2.81 bits per heavy atom. The molecule has 2 aromatic carbocycles. The van der Waals surface area contributed by atoms with Crippen LogP contribution >= 0.6 is 0 Å². The summed E-state index contributed by atoms with van der Waals surface area (Å²) in [6.07, 6.45) is 4.92. The van der Waals surface area contributed by atoms with Crippen molar-refractivity contribution < 1.29 is 9.84 Å². The number of ether oxygens (including phenoxy) is 1. The number of hydrogen-bond acceptors (Lipinski definition) is 4. The monoisotopic (exact) mass is 419 g/mol. The summed E-state index contributed by atoms with van der Waals surface area (Å²) in [6, 6.07) is 16.5. The maximum Gasteiger partial charge on any atom is 0.119 e. The summed E-state index contributed by atoms with van der Waals surface area (Å²) in [7, 11) is 0. The van der Waals surface area contributed by atoms with Gasteiger partial charge >= 0.3 is 0 Å². The molecule has 0 unspecified atom stereocenters. The fourth-order valence-electron chi connectivity index (χ4n) is 4.67. The predicted molar refractivity (Wildman–Crippen MR) is 124 cm³/mol. The standard InChI is InChI=1S/C26H33N3O2/c1-20-9-10-21(2)24(15-20)25-22(16-27-28-25)17-29-13-6-11-26(18-29,19-30)12-14-31-23-7-4-3-5-8-23/h3-5,7-10,15-16,30H,6,11-14,17-19H2,1-2H3,(H,27,28)/t26-/m0/s1. The van der Waals surface area contributed by atoms with Gasteiger partial charge in [0, 0.05) is 29.6 Å². The third-order valence-electron chi connectivity index (χ3n) is 6.49. The normalized spacial score (nSPS) is 19.5. The number of para-hydroxylation sites is 1. The van der Waals surface area contributed by atoms with E-state index in [-0.39, 0.29) is 12.0 Å². The molecule has 4 rings (SSSR count). The highest BCUT2D eigenvalue weighted by Crippen LogP contribution is 2.35. The number of rotatable bonds is 8. The number of aliphatic hydroxyl groups excluding tert-OH is 1. The molecular formula is C26H33N3O2. The van der Waals surface area contributed by atoms with Crippen LogP contribution in [-0.4, -0.2) is 46.5 Å². The molecule has 2 heterocycles. The minimum absolute atomic E-state index is 0.115. The lowest BCUT2D eigenvalue weighted by Crippen LogP contribution is -2.45. The molecule has 0 spiro atoms. The van der Waals surface area contributed by atoms with Crippen LogP contribution in [0.15, 0.2) is 54.7 Å². The van der Waals surface area contributed by atoms with Crippen LogP contribution in [0, 0.1) is 19.3 Å². The van der Waals surface area contributed by atoms with E-state index < -0.39 is 0 Å². The number of aryl methyl sites for hydroxylation is 2. The van der Waals surface area contributed by atoms with E-state index >= 15 is 0 Å². The molecule has 31 heavy (non-hydrogen) atoms. The zero-order valence-corrected chi connectivity index (χ0v) is 18.6. The molecule has 1 aliphatic rings. The van der Waals surface area contributed by atoms with Gasteiger partial charge in [0.25, 0.3) is 0 Å². The number of aromatic nitrogens is 2. The van der Waals surface area contributed by atoms with E-state index in [1.165, 1.54) is 22.3 Å². The number of nitrogens with zero attached hydrogens (tertiary/aromatic N) is 2. The largest absolute Gasteiger partial charge is 0.494 e. The molecule has 164 valence electrons. The number of benzene rings is 2. The van der Waals surface area contributed by atoms with Crippen LogP contribution in [0.3, 0.4) is 0 Å². The maximum atomic E-state index is 10.3. The summed E-state index contributed by atoms with van der Waals surface area (Å²) in [4.78, 5) is 2.46. The Morgan fingerprint density at radius 1 is 1.16 bits per heavy atom. The Morgan fingerprint density at radius 2 is 2.00 bits per heavy atom. The third-order valence-corrected chi connectivity index (χ3v) is 6.49. The summed E-state index contributed by atoms with van der Waals surface area (Å²) in [5, 5.41) is 17.9. The SMILES string of the molecule is Cc1ccc(C)c(-c2[nH]ncc2CN2CCC[C@](CO)(CCOc3ccccc3)C2)c1. The average Bonchev–Trinajstić information content (AvgIpc) is 3.24. The van der Waals surface area contributed by atoms with Gasteiger partial charge in [0.05, 0.1) is 25.1 Å². The maximum absolute atomic E-state index is 10.3. The average molecular weight is 420 g/mol. The first-order valence-corrected chi connectivity index (χ1v) is 11.2. The Balaban J connectivity index is 1.43. The van der Waals surface area contributed by atoms with Crippen LogP contribution < -0.4 is 4.74 Å². The number of likely N-dealkylation sites (tertiary alicyclic amines) is 1. The van der Waals surface area contributed by atoms with Gasteiger partial charge in [-0.25, -0.2) is 0 Å². The summed E-state index contributed by atoms with van der Waals surface area (Å²) < 4.78 is 5.93. The lowest BCUT2D eigenvalue weighted by Gasteiger charge is -2.42. The van der Waals surface area contributed by atoms with Crippen LogP contribution in [-0.2, 0) is 6.54 Å². The molecule has 5 nitrogen and oxygen atoms in total. The minimum Gasteiger partial charge on any atom is -0.494 e. The fourth-order valence-corrected chi connectivity index (χ4v) is 4.67. The lowest BCUT2D eigenvalue weighted by atomic mass is 9.78. The molecule has 0 bridgehead atoms. The van der Waals surface area contributed by atoms with Crippen LogP contribution in [0.4, 0.5) is 0 Å². The smallest absolute Gasteiger partial charge is 0.119 e. The van der Waals surface area contributed by atoms with Crippen LogP contribution in [0.5, 0.6) is 5.75 Å². The molecule has 0 aliphatic carbocycles. The predicted octanol–water partition coefficient (Wildman–Crippen LogP) is 4.74. The topological polar surface area (TPSA) is 61.4 Å². The van der Waals surface area contributed by atoms with E-state index in [0.717, 1.165) is 50.3 Å². The molecule has 1 aliphatic heterocycles. The second-order valence-electron chi connectivity index (χ2n) is 8.97. The number of aromatic amines is 1.